The van der Waals surface area contributed by atoms with Gasteiger partial charge in [-0.15, -0.1) is 0 Å². The van der Waals surface area contributed by atoms with Crippen LogP contribution < -0.4 is 5.73 Å². The molecule has 0 aliphatic heterocycles. The average Bonchev–Trinajstić information content (AvgIpc) is 2.31. The normalized spacial score (nSPS) is 13.2. The van der Waals surface area contributed by atoms with E-state index in [-0.39, 0.29) is 6.54 Å². The van der Waals surface area contributed by atoms with E-state index in [0.717, 1.165) is 6.92 Å². The topological polar surface area (TPSA) is 43.8 Å². The summed E-state index contributed by atoms with van der Waals surface area (Å²) in [6.45, 7) is 4.07. The van der Waals surface area contributed by atoms with Crippen LogP contribution in [0, 0.1) is 5.41 Å². The van der Waals surface area contributed by atoms with Gasteiger partial charge >= 0.3 is 0 Å². The lowest BCUT2D eigenvalue weighted by Crippen LogP contribution is -2.37. The Bertz CT molecular complexity index is 312. The van der Waals surface area contributed by atoms with E-state index in [0.29, 0.717) is 5.82 Å². The first kappa shape index (κ1) is 10.9. The number of halogens is 2. The van der Waals surface area contributed by atoms with Gasteiger partial charge in [-0.25, -0.2) is 8.78 Å². The molecule has 14 heavy (non-hydrogen) atoms. The van der Waals surface area contributed by atoms with E-state index in [4.69, 9.17) is 5.73 Å². The van der Waals surface area contributed by atoms with Crippen LogP contribution in [0.15, 0.2) is 12.3 Å². The molecule has 0 amide bonds. The molecule has 0 aliphatic carbocycles. The summed E-state index contributed by atoms with van der Waals surface area (Å²) in [5.74, 6) is -2.39. The minimum Gasteiger partial charge on any atom is -0.382 e. The summed E-state index contributed by atoms with van der Waals surface area (Å²) in [6.07, 6.45) is 1.60. The van der Waals surface area contributed by atoms with Gasteiger partial charge in [0.1, 0.15) is 5.82 Å². The molecule has 0 fully saturated rings. The first-order valence-corrected chi connectivity index (χ1v) is 4.39. The van der Waals surface area contributed by atoms with Gasteiger partial charge < -0.3 is 5.73 Å². The van der Waals surface area contributed by atoms with Crippen molar-refractivity contribution in [2.24, 2.45) is 5.41 Å². The van der Waals surface area contributed by atoms with Crippen LogP contribution in [0.25, 0.3) is 0 Å². The Morgan fingerprint density at radius 3 is 2.36 bits per heavy atom. The number of aromatic nitrogens is 2. The second-order valence-corrected chi connectivity index (χ2v) is 4.21. The molecule has 1 rings (SSSR count). The SMILES string of the molecule is CC(F)(F)C(C)(C)Cn1ccc(N)n1. The Labute approximate surface area is 81.9 Å². The molecule has 0 saturated carbocycles. The number of rotatable bonds is 3. The van der Waals surface area contributed by atoms with Gasteiger partial charge in [0.25, 0.3) is 5.92 Å². The summed E-state index contributed by atoms with van der Waals surface area (Å²) in [6, 6.07) is 1.59. The van der Waals surface area contributed by atoms with E-state index in [2.05, 4.69) is 5.10 Å². The minimum absolute atomic E-state index is 0.147. The number of anilines is 1. The molecular weight excluding hydrogens is 188 g/mol. The molecule has 0 aliphatic rings. The van der Waals surface area contributed by atoms with Crippen molar-refractivity contribution < 1.29 is 8.78 Å². The van der Waals surface area contributed by atoms with Gasteiger partial charge in [-0.2, -0.15) is 5.10 Å². The summed E-state index contributed by atoms with van der Waals surface area (Å²) >= 11 is 0. The lowest BCUT2D eigenvalue weighted by molar-refractivity contribution is -0.0972. The largest absolute Gasteiger partial charge is 0.382 e. The Hall–Kier alpha value is -1.13. The Kier molecular flexibility index (Phi) is 2.52. The van der Waals surface area contributed by atoms with Crippen LogP contribution in [0.4, 0.5) is 14.6 Å². The number of nitrogen functional groups attached to an aromatic ring is 1. The molecule has 0 saturated heterocycles. The number of hydrogen-bond donors (Lipinski definition) is 1. The summed E-state index contributed by atoms with van der Waals surface area (Å²) in [5.41, 5.74) is 4.25. The number of nitrogens with two attached hydrogens (primary N) is 1. The van der Waals surface area contributed by atoms with E-state index in [9.17, 15) is 8.78 Å². The molecule has 5 heteroatoms. The quantitative estimate of drug-likeness (QED) is 0.818. The summed E-state index contributed by atoms with van der Waals surface area (Å²) in [7, 11) is 0. The fourth-order valence-electron chi connectivity index (χ4n) is 1.01. The molecular formula is C9H15F2N3. The summed E-state index contributed by atoms with van der Waals surface area (Å²) in [4.78, 5) is 0. The molecule has 0 radical (unpaired) electrons. The highest BCUT2D eigenvalue weighted by molar-refractivity contribution is 5.23. The highest BCUT2D eigenvalue weighted by Gasteiger charge is 2.42. The van der Waals surface area contributed by atoms with Crippen LogP contribution in [0.3, 0.4) is 0 Å². The first-order chi connectivity index (χ1) is 6.22. The second kappa shape index (κ2) is 3.22. The maximum absolute atomic E-state index is 13.1. The van der Waals surface area contributed by atoms with Crippen LogP contribution in [0.5, 0.6) is 0 Å². The van der Waals surface area contributed by atoms with Gasteiger partial charge in [-0.1, -0.05) is 13.8 Å². The molecule has 1 aromatic heterocycles. The molecule has 80 valence electrons. The zero-order valence-corrected chi connectivity index (χ0v) is 8.59. The average molecular weight is 203 g/mol. The van der Waals surface area contributed by atoms with E-state index >= 15 is 0 Å². The third-order valence-corrected chi connectivity index (χ3v) is 2.41. The highest BCUT2D eigenvalue weighted by atomic mass is 19.3. The smallest absolute Gasteiger partial charge is 0.252 e. The molecule has 2 N–H and O–H groups in total. The van der Waals surface area contributed by atoms with E-state index in [1.54, 1.807) is 12.3 Å². The second-order valence-electron chi connectivity index (χ2n) is 4.21. The maximum atomic E-state index is 13.1. The van der Waals surface area contributed by atoms with Crippen molar-refractivity contribution in [3.8, 4) is 0 Å². The zero-order chi connectivity index (χ0) is 11.0. The van der Waals surface area contributed by atoms with Gasteiger partial charge in [0.15, 0.2) is 0 Å². The van der Waals surface area contributed by atoms with Gasteiger partial charge in [-0.05, 0) is 13.0 Å². The van der Waals surface area contributed by atoms with Crippen molar-refractivity contribution >= 4 is 5.82 Å². The van der Waals surface area contributed by atoms with Crippen LogP contribution >= 0.6 is 0 Å². The Morgan fingerprint density at radius 1 is 1.43 bits per heavy atom. The third-order valence-electron chi connectivity index (χ3n) is 2.41. The predicted octanol–water partition coefficient (Wildman–Crippen LogP) is 2.15. The first-order valence-electron chi connectivity index (χ1n) is 4.39. The van der Waals surface area contributed by atoms with Gasteiger partial charge in [0.05, 0.1) is 6.54 Å². The fourth-order valence-corrected chi connectivity index (χ4v) is 1.01. The van der Waals surface area contributed by atoms with Crippen LogP contribution in [0.2, 0.25) is 0 Å². The molecule has 0 bridgehead atoms. The molecule has 1 heterocycles. The van der Waals surface area contributed by atoms with Crippen molar-refractivity contribution in [1.82, 2.24) is 9.78 Å². The van der Waals surface area contributed by atoms with Crippen molar-refractivity contribution in [1.29, 1.82) is 0 Å². The van der Waals surface area contributed by atoms with Crippen LogP contribution in [0.1, 0.15) is 20.8 Å². The number of nitrogens with zero attached hydrogens (tertiary/aromatic N) is 2. The van der Waals surface area contributed by atoms with Crippen LogP contribution in [-0.4, -0.2) is 15.7 Å². The lowest BCUT2D eigenvalue weighted by atomic mass is 9.86. The number of hydrogen-bond acceptors (Lipinski definition) is 2. The molecule has 1 aromatic rings. The maximum Gasteiger partial charge on any atom is 0.252 e. The van der Waals surface area contributed by atoms with Crippen molar-refractivity contribution in [3.05, 3.63) is 12.3 Å². The fraction of sp³-hybridized carbons (Fsp3) is 0.667. The van der Waals surface area contributed by atoms with E-state index in [1.165, 1.54) is 18.5 Å². The molecule has 3 nitrogen and oxygen atoms in total. The zero-order valence-electron chi connectivity index (χ0n) is 8.59. The van der Waals surface area contributed by atoms with Crippen LogP contribution in [-0.2, 0) is 6.54 Å². The van der Waals surface area contributed by atoms with Gasteiger partial charge in [-0.3, -0.25) is 4.68 Å². The highest BCUT2D eigenvalue weighted by Crippen LogP contribution is 2.36. The van der Waals surface area contributed by atoms with Crippen molar-refractivity contribution in [3.63, 3.8) is 0 Å². The standard InChI is InChI=1S/C9H15F2N3/c1-8(2,9(3,10)11)6-14-5-4-7(12)13-14/h4-5H,6H2,1-3H3,(H2,12,13). The molecule has 0 unspecified atom stereocenters. The lowest BCUT2D eigenvalue weighted by Gasteiger charge is -2.31. The molecule has 0 atom stereocenters. The summed E-state index contributed by atoms with van der Waals surface area (Å²) in [5, 5.41) is 3.87. The van der Waals surface area contributed by atoms with Crippen molar-refractivity contribution in [2.45, 2.75) is 33.2 Å². The van der Waals surface area contributed by atoms with Crippen molar-refractivity contribution in [2.75, 3.05) is 5.73 Å². The predicted molar refractivity (Wildman–Crippen MR) is 51.0 cm³/mol. The van der Waals surface area contributed by atoms with E-state index < -0.39 is 11.3 Å². The Morgan fingerprint density at radius 2 is 2.00 bits per heavy atom. The monoisotopic (exact) mass is 203 g/mol. The number of alkyl halides is 2. The third kappa shape index (κ3) is 2.21. The molecule has 0 aromatic carbocycles. The minimum atomic E-state index is -2.74. The van der Waals surface area contributed by atoms with Gasteiger partial charge in [0.2, 0.25) is 0 Å². The van der Waals surface area contributed by atoms with Gasteiger partial charge in [0, 0.05) is 11.6 Å². The molecule has 0 spiro atoms. The van der Waals surface area contributed by atoms with E-state index in [1.807, 2.05) is 0 Å². The Balaban J connectivity index is 2.78. The summed E-state index contributed by atoms with van der Waals surface area (Å²) < 4.78 is 27.7.